The first kappa shape index (κ1) is 15.1. The molecule has 0 unspecified atom stereocenters. The van der Waals surface area contributed by atoms with Crippen LogP contribution in [0.2, 0.25) is 0 Å². The molecule has 4 heteroatoms. The Labute approximate surface area is 119 Å². The van der Waals surface area contributed by atoms with E-state index in [-0.39, 0.29) is 18.2 Å². The van der Waals surface area contributed by atoms with Crippen LogP contribution in [0.4, 0.5) is 0 Å². The van der Waals surface area contributed by atoms with Gasteiger partial charge in [0.2, 0.25) is 0 Å². The van der Waals surface area contributed by atoms with Gasteiger partial charge in [-0.25, -0.2) is 0 Å². The Bertz CT molecular complexity index is 524. The molecular formula is C15H17ClN2O. The van der Waals surface area contributed by atoms with Crippen LogP contribution in [0.25, 0.3) is 0 Å². The summed E-state index contributed by atoms with van der Waals surface area (Å²) in [4.78, 5) is 4.34. The molecule has 0 aliphatic rings. The Hall–Kier alpha value is -2.00. The largest absolute Gasteiger partial charge is 0.508 e. The highest BCUT2D eigenvalue weighted by Gasteiger charge is 1.97. The lowest BCUT2D eigenvalue weighted by atomic mass is 10.1. The first-order valence-corrected chi connectivity index (χ1v) is 5.84. The van der Waals surface area contributed by atoms with Gasteiger partial charge >= 0.3 is 0 Å². The van der Waals surface area contributed by atoms with E-state index < -0.39 is 0 Å². The number of nitrogens with two attached hydrogens (primary N) is 1. The second-order valence-corrected chi connectivity index (χ2v) is 4.14. The number of rotatable bonds is 4. The lowest BCUT2D eigenvalue weighted by Crippen LogP contribution is -2.15. The van der Waals surface area contributed by atoms with E-state index in [1.807, 2.05) is 42.5 Å². The number of hydrogen-bond acceptors (Lipinski definition) is 2. The summed E-state index contributed by atoms with van der Waals surface area (Å²) in [6, 6.07) is 17.0. The number of phenolic OH excluding ortho intramolecular Hbond substituents is 1. The molecule has 0 spiro atoms. The summed E-state index contributed by atoms with van der Waals surface area (Å²) in [6.07, 6.45) is 0.604. The zero-order chi connectivity index (χ0) is 12.8. The monoisotopic (exact) mass is 276 g/mol. The number of hydrogen-bond donors (Lipinski definition) is 2. The lowest BCUT2D eigenvalue weighted by Gasteiger charge is -2.02. The number of benzene rings is 2. The van der Waals surface area contributed by atoms with E-state index in [9.17, 15) is 5.11 Å². The fourth-order valence-electron chi connectivity index (χ4n) is 1.66. The fraction of sp³-hybridized carbons (Fsp3) is 0.133. The quantitative estimate of drug-likeness (QED) is 0.666. The standard InChI is InChI=1S/C15H16N2O.ClH/c16-15(10-12-6-8-14(18)9-7-12)17-11-13-4-2-1-3-5-13;/h1-9,18H,10-11H2,(H2,16,17);1H. The predicted molar refractivity (Wildman–Crippen MR) is 80.8 cm³/mol. The first-order chi connectivity index (χ1) is 8.74. The Morgan fingerprint density at radius 3 is 2.21 bits per heavy atom. The van der Waals surface area contributed by atoms with Crippen LogP contribution in [-0.4, -0.2) is 10.9 Å². The number of phenols is 1. The molecule has 2 aromatic rings. The molecule has 0 amide bonds. The van der Waals surface area contributed by atoms with Gasteiger partial charge in [-0.05, 0) is 23.3 Å². The van der Waals surface area contributed by atoms with Crippen LogP contribution >= 0.6 is 12.4 Å². The van der Waals surface area contributed by atoms with Crippen molar-refractivity contribution in [1.82, 2.24) is 0 Å². The highest BCUT2D eigenvalue weighted by atomic mass is 35.5. The van der Waals surface area contributed by atoms with Crippen LogP contribution in [-0.2, 0) is 13.0 Å². The van der Waals surface area contributed by atoms with Crippen LogP contribution in [0.5, 0.6) is 5.75 Å². The van der Waals surface area contributed by atoms with E-state index in [1.54, 1.807) is 12.1 Å². The predicted octanol–water partition coefficient (Wildman–Crippen LogP) is 2.91. The minimum atomic E-state index is 0. The third-order valence-corrected chi connectivity index (χ3v) is 2.63. The summed E-state index contributed by atoms with van der Waals surface area (Å²) in [5.41, 5.74) is 8.07. The molecule has 0 fully saturated rings. The van der Waals surface area contributed by atoms with E-state index in [2.05, 4.69) is 4.99 Å². The second kappa shape index (κ2) is 7.44. The van der Waals surface area contributed by atoms with Gasteiger partial charge in [-0.3, -0.25) is 4.99 Å². The molecule has 0 saturated carbocycles. The summed E-state index contributed by atoms with van der Waals surface area (Å²) >= 11 is 0. The average Bonchev–Trinajstić information content (AvgIpc) is 2.40. The highest BCUT2D eigenvalue weighted by molar-refractivity contribution is 5.85. The van der Waals surface area contributed by atoms with Gasteiger partial charge in [-0.1, -0.05) is 42.5 Å². The summed E-state index contributed by atoms with van der Waals surface area (Å²) in [5, 5.41) is 9.18. The topological polar surface area (TPSA) is 58.6 Å². The van der Waals surface area contributed by atoms with Crippen molar-refractivity contribution in [2.24, 2.45) is 10.7 Å². The van der Waals surface area contributed by atoms with E-state index in [0.717, 1.165) is 11.1 Å². The van der Waals surface area contributed by atoms with Gasteiger partial charge in [0.15, 0.2) is 0 Å². The van der Waals surface area contributed by atoms with Gasteiger partial charge in [-0.15, -0.1) is 12.4 Å². The Balaban J connectivity index is 0.00000180. The van der Waals surface area contributed by atoms with Crippen LogP contribution < -0.4 is 5.73 Å². The minimum absolute atomic E-state index is 0. The molecule has 0 aromatic heterocycles. The van der Waals surface area contributed by atoms with Gasteiger partial charge < -0.3 is 10.8 Å². The SMILES string of the molecule is Cl.NC(Cc1ccc(O)cc1)=NCc1ccccc1. The Morgan fingerprint density at radius 2 is 1.58 bits per heavy atom. The molecule has 0 aliphatic heterocycles. The summed E-state index contributed by atoms with van der Waals surface area (Å²) < 4.78 is 0. The molecule has 0 saturated heterocycles. The van der Waals surface area contributed by atoms with Gasteiger partial charge in [0.1, 0.15) is 5.75 Å². The van der Waals surface area contributed by atoms with Gasteiger partial charge in [0, 0.05) is 6.42 Å². The molecule has 2 rings (SSSR count). The van der Waals surface area contributed by atoms with Crippen LogP contribution in [0, 0.1) is 0 Å². The molecule has 3 N–H and O–H groups in total. The summed E-state index contributed by atoms with van der Waals surface area (Å²) in [5.74, 6) is 0.864. The molecule has 0 radical (unpaired) electrons. The zero-order valence-electron chi connectivity index (χ0n) is 10.5. The normalized spacial score (nSPS) is 10.8. The van der Waals surface area contributed by atoms with Gasteiger partial charge in [0.25, 0.3) is 0 Å². The molecule has 19 heavy (non-hydrogen) atoms. The number of aromatic hydroxyl groups is 1. The van der Waals surface area contributed by atoms with E-state index >= 15 is 0 Å². The van der Waals surface area contributed by atoms with Crippen LogP contribution in [0.15, 0.2) is 59.6 Å². The maximum atomic E-state index is 9.18. The first-order valence-electron chi connectivity index (χ1n) is 5.84. The summed E-state index contributed by atoms with van der Waals surface area (Å²) in [7, 11) is 0. The third kappa shape index (κ3) is 5.02. The number of halogens is 1. The number of amidine groups is 1. The van der Waals surface area contributed by atoms with Crippen molar-refractivity contribution in [1.29, 1.82) is 0 Å². The maximum absolute atomic E-state index is 9.18. The van der Waals surface area contributed by atoms with Gasteiger partial charge in [-0.2, -0.15) is 0 Å². The van der Waals surface area contributed by atoms with E-state index in [0.29, 0.717) is 18.8 Å². The van der Waals surface area contributed by atoms with Crippen molar-refractivity contribution in [2.75, 3.05) is 0 Å². The average molecular weight is 277 g/mol. The van der Waals surface area contributed by atoms with Crippen molar-refractivity contribution in [2.45, 2.75) is 13.0 Å². The molecule has 2 aromatic carbocycles. The van der Waals surface area contributed by atoms with Crippen LogP contribution in [0.3, 0.4) is 0 Å². The lowest BCUT2D eigenvalue weighted by molar-refractivity contribution is 0.475. The molecular weight excluding hydrogens is 260 g/mol. The molecule has 0 heterocycles. The smallest absolute Gasteiger partial charge is 0.115 e. The number of aliphatic imine (C=N–C) groups is 1. The van der Waals surface area contributed by atoms with Crippen LogP contribution in [0.1, 0.15) is 11.1 Å². The maximum Gasteiger partial charge on any atom is 0.115 e. The minimum Gasteiger partial charge on any atom is -0.508 e. The number of nitrogens with zero attached hydrogens (tertiary/aromatic N) is 1. The van der Waals surface area contributed by atoms with Crippen molar-refractivity contribution in [3.63, 3.8) is 0 Å². The van der Waals surface area contributed by atoms with E-state index in [1.165, 1.54) is 0 Å². The molecule has 3 nitrogen and oxygen atoms in total. The third-order valence-electron chi connectivity index (χ3n) is 2.63. The zero-order valence-corrected chi connectivity index (χ0v) is 11.3. The summed E-state index contributed by atoms with van der Waals surface area (Å²) in [6.45, 7) is 0.602. The van der Waals surface area contributed by atoms with Gasteiger partial charge in [0.05, 0.1) is 12.4 Å². The van der Waals surface area contributed by atoms with Crippen molar-refractivity contribution >= 4 is 18.2 Å². The van der Waals surface area contributed by atoms with Crippen molar-refractivity contribution in [3.8, 4) is 5.75 Å². The molecule has 0 atom stereocenters. The Morgan fingerprint density at radius 1 is 0.947 bits per heavy atom. The molecule has 0 aliphatic carbocycles. The molecule has 100 valence electrons. The highest BCUT2D eigenvalue weighted by Crippen LogP contribution is 2.10. The molecule has 0 bridgehead atoms. The van der Waals surface area contributed by atoms with Crippen molar-refractivity contribution < 1.29 is 5.11 Å². The fourth-order valence-corrected chi connectivity index (χ4v) is 1.66. The van der Waals surface area contributed by atoms with E-state index in [4.69, 9.17) is 5.73 Å². The van der Waals surface area contributed by atoms with Crippen molar-refractivity contribution in [3.05, 3.63) is 65.7 Å². The second-order valence-electron chi connectivity index (χ2n) is 4.14. The Kier molecular flexibility index (Phi) is 5.90.